The van der Waals surface area contributed by atoms with E-state index in [-0.39, 0.29) is 17.2 Å². The number of halogens is 1. The predicted octanol–water partition coefficient (Wildman–Crippen LogP) is 3.27. The van der Waals surface area contributed by atoms with Crippen molar-refractivity contribution in [3.05, 3.63) is 21.3 Å². The van der Waals surface area contributed by atoms with Gasteiger partial charge >= 0.3 is 0 Å². The largest absolute Gasteiger partial charge is 0.342 e. The third kappa shape index (κ3) is 2.89. The molecule has 3 heterocycles. The van der Waals surface area contributed by atoms with Crippen molar-refractivity contribution in [2.24, 2.45) is 11.3 Å². The summed E-state index contributed by atoms with van der Waals surface area (Å²) in [4.78, 5) is 30.2. The van der Waals surface area contributed by atoms with Gasteiger partial charge in [-0.05, 0) is 50.2 Å². The number of rotatable bonds is 3. The Hall–Kier alpha value is -1.07. The van der Waals surface area contributed by atoms with Gasteiger partial charge in [-0.1, -0.05) is 11.6 Å². The molecule has 1 atom stereocenters. The minimum atomic E-state index is -0.330. The van der Waals surface area contributed by atoms with Crippen LogP contribution < -0.4 is 0 Å². The van der Waals surface area contributed by atoms with Crippen LogP contribution in [-0.2, 0) is 4.79 Å². The van der Waals surface area contributed by atoms with Crippen molar-refractivity contribution in [1.29, 1.82) is 0 Å². The first-order valence-corrected chi connectivity index (χ1v) is 9.61. The van der Waals surface area contributed by atoms with Crippen LogP contribution in [-0.4, -0.2) is 47.8 Å². The molecular formula is C17H21ClN2O2S. The van der Waals surface area contributed by atoms with Gasteiger partial charge in [0, 0.05) is 26.2 Å². The van der Waals surface area contributed by atoms with Gasteiger partial charge in [0.2, 0.25) is 5.91 Å². The molecule has 4 rings (SSSR count). The SMILES string of the molecule is O=C(c1ccc(Cl)s1)N1CC[C@]2(CCCN(CC3CC3)C2=O)C1. The third-order valence-corrected chi connectivity index (χ3v) is 6.64. The number of carbonyl (C=O) groups excluding carboxylic acids is 2. The van der Waals surface area contributed by atoms with Crippen LogP contribution in [0.2, 0.25) is 4.34 Å². The maximum absolute atomic E-state index is 13.0. The molecule has 1 spiro atoms. The highest BCUT2D eigenvalue weighted by atomic mass is 35.5. The molecule has 1 aliphatic carbocycles. The number of amides is 2. The van der Waals surface area contributed by atoms with Crippen molar-refractivity contribution in [2.75, 3.05) is 26.2 Å². The summed E-state index contributed by atoms with van der Waals surface area (Å²) in [6.45, 7) is 3.07. The lowest BCUT2D eigenvalue weighted by molar-refractivity contribution is -0.145. The Kier molecular flexibility index (Phi) is 3.88. The fourth-order valence-corrected chi connectivity index (χ4v) is 4.96. The zero-order valence-electron chi connectivity index (χ0n) is 13.1. The lowest BCUT2D eigenvalue weighted by Gasteiger charge is -2.39. The Balaban J connectivity index is 1.47. The Morgan fingerprint density at radius 1 is 1.30 bits per heavy atom. The Morgan fingerprint density at radius 3 is 2.83 bits per heavy atom. The molecular weight excluding hydrogens is 332 g/mol. The smallest absolute Gasteiger partial charge is 0.264 e. The van der Waals surface area contributed by atoms with E-state index in [1.807, 2.05) is 4.90 Å². The minimum absolute atomic E-state index is 0.0193. The van der Waals surface area contributed by atoms with E-state index in [9.17, 15) is 9.59 Å². The zero-order chi connectivity index (χ0) is 16.0. The van der Waals surface area contributed by atoms with Gasteiger partial charge in [0.05, 0.1) is 14.6 Å². The summed E-state index contributed by atoms with van der Waals surface area (Å²) in [5.41, 5.74) is -0.330. The first-order chi connectivity index (χ1) is 11.1. The highest BCUT2D eigenvalue weighted by molar-refractivity contribution is 7.17. The highest BCUT2D eigenvalue weighted by Crippen LogP contribution is 2.42. The van der Waals surface area contributed by atoms with Crippen molar-refractivity contribution in [3.8, 4) is 0 Å². The lowest BCUT2D eigenvalue weighted by atomic mass is 9.78. The first kappa shape index (κ1) is 15.5. The van der Waals surface area contributed by atoms with E-state index in [4.69, 9.17) is 11.6 Å². The molecule has 6 heteroatoms. The minimum Gasteiger partial charge on any atom is -0.342 e. The summed E-state index contributed by atoms with van der Waals surface area (Å²) < 4.78 is 0.631. The number of hydrogen-bond donors (Lipinski definition) is 0. The van der Waals surface area contributed by atoms with Crippen LogP contribution in [0.1, 0.15) is 41.8 Å². The highest BCUT2D eigenvalue weighted by Gasteiger charge is 2.50. The Labute approximate surface area is 145 Å². The van der Waals surface area contributed by atoms with Crippen molar-refractivity contribution in [1.82, 2.24) is 9.80 Å². The predicted molar refractivity (Wildman–Crippen MR) is 90.8 cm³/mol. The summed E-state index contributed by atoms with van der Waals surface area (Å²) >= 11 is 7.25. The molecule has 0 unspecified atom stereocenters. The fourth-order valence-electron chi connectivity index (χ4n) is 3.95. The average Bonchev–Trinajstić information content (AvgIpc) is 3.08. The molecule has 2 aliphatic heterocycles. The molecule has 1 aromatic heterocycles. The van der Waals surface area contributed by atoms with Crippen molar-refractivity contribution >= 4 is 34.8 Å². The van der Waals surface area contributed by atoms with E-state index >= 15 is 0 Å². The quantitative estimate of drug-likeness (QED) is 0.837. The van der Waals surface area contributed by atoms with Gasteiger partial charge in [0.15, 0.2) is 0 Å². The topological polar surface area (TPSA) is 40.6 Å². The molecule has 0 bridgehead atoms. The second-order valence-corrected chi connectivity index (χ2v) is 8.87. The van der Waals surface area contributed by atoms with E-state index in [2.05, 4.69) is 4.90 Å². The van der Waals surface area contributed by atoms with Crippen molar-refractivity contribution in [2.45, 2.75) is 32.1 Å². The van der Waals surface area contributed by atoms with Gasteiger partial charge in [-0.25, -0.2) is 0 Å². The van der Waals surface area contributed by atoms with E-state index in [0.717, 1.165) is 38.3 Å². The van der Waals surface area contributed by atoms with Crippen LogP contribution in [0.4, 0.5) is 0 Å². The number of likely N-dealkylation sites (tertiary alicyclic amines) is 2. The lowest BCUT2D eigenvalue weighted by Crippen LogP contribution is -2.50. The third-order valence-electron chi connectivity index (χ3n) is 5.42. The molecule has 124 valence electrons. The van der Waals surface area contributed by atoms with Crippen LogP contribution in [0.15, 0.2) is 12.1 Å². The van der Waals surface area contributed by atoms with Gasteiger partial charge < -0.3 is 9.80 Å². The average molecular weight is 353 g/mol. The normalized spacial score (nSPS) is 28.0. The molecule has 1 saturated carbocycles. The van der Waals surface area contributed by atoms with E-state index in [1.54, 1.807) is 12.1 Å². The van der Waals surface area contributed by atoms with E-state index in [0.29, 0.717) is 22.3 Å². The fraction of sp³-hybridized carbons (Fsp3) is 0.647. The number of hydrogen-bond acceptors (Lipinski definition) is 3. The Bertz CT molecular complexity index is 642. The van der Waals surface area contributed by atoms with Crippen LogP contribution in [0.3, 0.4) is 0 Å². The van der Waals surface area contributed by atoms with Crippen LogP contribution in [0.5, 0.6) is 0 Å². The second kappa shape index (κ2) is 5.78. The van der Waals surface area contributed by atoms with Crippen LogP contribution >= 0.6 is 22.9 Å². The monoisotopic (exact) mass is 352 g/mol. The number of thiophene rings is 1. The van der Waals surface area contributed by atoms with Gasteiger partial charge in [0.1, 0.15) is 0 Å². The summed E-state index contributed by atoms with van der Waals surface area (Å²) in [7, 11) is 0. The van der Waals surface area contributed by atoms with Crippen molar-refractivity contribution < 1.29 is 9.59 Å². The van der Waals surface area contributed by atoms with Crippen molar-refractivity contribution in [3.63, 3.8) is 0 Å². The van der Waals surface area contributed by atoms with E-state index < -0.39 is 0 Å². The number of carbonyl (C=O) groups is 2. The molecule has 0 N–H and O–H groups in total. The maximum Gasteiger partial charge on any atom is 0.264 e. The molecule has 4 nitrogen and oxygen atoms in total. The molecule has 0 aromatic carbocycles. The van der Waals surface area contributed by atoms with Gasteiger partial charge in [-0.3, -0.25) is 9.59 Å². The summed E-state index contributed by atoms with van der Waals surface area (Å²) in [5.74, 6) is 1.03. The number of piperidine rings is 1. The van der Waals surface area contributed by atoms with Crippen LogP contribution in [0.25, 0.3) is 0 Å². The van der Waals surface area contributed by atoms with E-state index in [1.165, 1.54) is 24.2 Å². The summed E-state index contributed by atoms with van der Waals surface area (Å²) in [6, 6.07) is 3.54. The molecule has 1 aromatic rings. The zero-order valence-corrected chi connectivity index (χ0v) is 14.7. The molecule has 3 aliphatic rings. The van der Waals surface area contributed by atoms with Gasteiger partial charge in [-0.15, -0.1) is 11.3 Å². The molecule has 2 saturated heterocycles. The standard InChI is InChI=1S/C17H21ClN2O2S/c18-14-5-4-13(23-14)15(21)20-9-7-17(11-20)6-1-8-19(16(17)22)10-12-2-3-12/h4-5,12H,1-3,6-11H2/t17-/m1/s1. The number of nitrogens with zero attached hydrogens (tertiary/aromatic N) is 2. The van der Waals surface area contributed by atoms with Crippen LogP contribution in [0, 0.1) is 11.3 Å². The summed E-state index contributed by atoms with van der Waals surface area (Å²) in [6.07, 6.45) is 5.31. The molecule has 3 fully saturated rings. The molecule has 0 radical (unpaired) electrons. The molecule has 23 heavy (non-hydrogen) atoms. The first-order valence-electron chi connectivity index (χ1n) is 8.41. The van der Waals surface area contributed by atoms with Gasteiger partial charge in [-0.2, -0.15) is 0 Å². The van der Waals surface area contributed by atoms with Gasteiger partial charge in [0.25, 0.3) is 5.91 Å². The molecule has 2 amide bonds. The maximum atomic E-state index is 13.0. The Morgan fingerprint density at radius 2 is 2.13 bits per heavy atom. The summed E-state index contributed by atoms with van der Waals surface area (Å²) in [5, 5.41) is 0. The second-order valence-electron chi connectivity index (χ2n) is 7.16.